The Kier molecular flexibility index (Phi) is 2.00. The van der Waals surface area contributed by atoms with Crippen LogP contribution in [-0.2, 0) is 0 Å². The van der Waals surface area contributed by atoms with Crippen LogP contribution in [0.2, 0.25) is 0 Å². The van der Waals surface area contributed by atoms with E-state index in [0.717, 1.165) is 12.4 Å². The highest BCUT2D eigenvalue weighted by Crippen LogP contribution is 2.02. The van der Waals surface area contributed by atoms with Gasteiger partial charge in [-0.05, 0) is 6.07 Å². The second-order valence-corrected chi connectivity index (χ2v) is 1.87. The van der Waals surface area contributed by atoms with Crippen molar-refractivity contribution in [1.82, 2.24) is 4.98 Å². The maximum absolute atomic E-state index is 12.2. The van der Waals surface area contributed by atoms with E-state index in [1.54, 1.807) is 0 Å². The summed E-state index contributed by atoms with van der Waals surface area (Å²) in [6, 6.07) is 1.17. The molecule has 0 aromatic carbocycles. The first-order valence-corrected chi connectivity index (χ1v) is 2.84. The molecule has 1 aromatic heterocycles. The summed E-state index contributed by atoms with van der Waals surface area (Å²) in [5.41, 5.74) is 0.374. The Balaban J connectivity index is 2.71. The molecule has 0 fully saturated rings. The fourth-order valence-electron chi connectivity index (χ4n) is 0.622. The Labute approximate surface area is 61.5 Å². The van der Waals surface area contributed by atoms with Gasteiger partial charge in [0.15, 0.2) is 0 Å². The summed E-state index contributed by atoms with van der Waals surface area (Å²) in [4.78, 5) is 11.7. The van der Waals surface area contributed by atoms with Gasteiger partial charge in [-0.25, -0.2) is 4.39 Å². The zero-order valence-electron chi connectivity index (χ0n) is 5.45. The number of hydrogen-bond acceptors (Lipinski definition) is 2. The number of aromatic nitrogens is 1. The van der Waals surface area contributed by atoms with Gasteiger partial charge in [0.2, 0.25) is 6.20 Å². The summed E-state index contributed by atoms with van der Waals surface area (Å²) >= 11 is 0. The van der Waals surface area contributed by atoms with Crippen LogP contribution in [0.3, 0.4) is 0 Å². The molecule has 4 nitrogen and oxygen atoms in total. The van der Waals surface area contributed by atoms with E-state index in [1.807, 2.05) is 0 Å². The minimum Gasteiger partial charge on any atom is -0.359 e. The minimum absolute atomic E-state index is 0.374. The average molecular weight is 156 g/mol. The predicted molar refractivity (Wildman–Crippen MR) is 36.8 cm³/mol. The van der Waals surface area contributed by atoms with Gasteiger partial charge >= 0.3 is 0 Å². The molecule has 11 heavy (non-hydrogen) atoms. The molecule has 0 saturated heterocycles. The first kappa shape index (κ1) is 7.46. The summed E-state index contributed by atoms with van der Waals surface area (Å²) in [7, 11) is 0. The van der Waals surface area contributed by atoms with E-state index >= 15 is 0 Å². The third kappa shape index (κ3) is 2.21. The molecule has 1 aromatic rings. The standard InChI is InChI=1S/C6H5FN2O2/c7-5-3-6(8-4-5)1-2-9(10)11/h1-4,8H. The molecule has 1 heterocycles. The van der Waals surface area contributed by atoms with Crippen molar-refractivity contribution in [3.8, 4) is 0 Å². The first-order chi connectivity index (χ1) is 5.18. The van der Waals surface area contributed by atoms with E-state index in [1.165, 1.54) is 12.1 Å². The van der Waals surface area contributed by atoms with Crippen molar-refractivity contribution < 1.29 is 9.31 Å². The highest BCUT2D eigenvalue weighted by Gasteiger charge is 1.94. The Morgan fingerprint density at radius 1 is 1.73 bits per heavy atom. The lowest BCUT2D eigenvalue weighted by molar-refractivity contribution is -0.401. The first-order valence-electron chi connectivity index (χ1n) is 2.84. The molecule has 0 saturated carbocycles. The van der Waals surface area contributed by atoms with Crippen molar-refractivity contribution in [2.75, 3.05) is 0 Å². The van der Waals surface area contributed by atoms with Crippen LogP contribution in [0.15, 0.2) is 18.5 Å². The van der Waals surface area contributed by atoms with E-state index in [4.69, 9.17) is 0 Å². The Morgan fingerprint density at radius 2 is 2.45 bits per heavy atom. The number of nitrogens with one attached hydrogen (secondary N) is 1. The van der Waals surface area contributed by atoms with Gasteiger partial charge in [0, 0.05) is 18.0 Å². The van der Waals surface area contributed by atoms with Crippen LogP contribution in [0.4, 0.5) is 4.39 Å². The van der Waals surface area contributed by atoms with Crippen molar-refractivity contribution in [3.63, 3.8) is 0 Å². The molecule has 0 aliphatic carbocycles. The van der Waals surface area contributed by atoms with Crippen molar-refractivity contribution in [2.45, 2.75) is 0 Å². The van der Waals surface area contributed by atoms with Crippen LogP contribution in [0.5, 0.6) is 0 Å². The van der Waals surface area contributed by atoms with Crippen molar-refractivity contribution in [1.29, 1.82) is 0 Å². The molecular weight excluding hydrogens is 151 g/mol. The number of aromatic amines is 1. The number of H-pyrrole nitrogens is 1. The molecular formula is C6H5FN2O2. The zero-order chi connectivity index (χ0) is 8.27. The number of hydrogen-bond donors (Lipinski definition) is 1. The molecule has 1 N–H and O–H groups in total. The number of rotatable bonds is 2. The maximum Gasteiger partial charge on any atom is 0.236 e. The summed E-state index contributed by atoms with van der Waals surface area (Å²) < 4.78 is 12.2. The van der Waals surface area contributed by atoms with Crippen LogP contribution < -0.4 is 0 Å². The van der Waals surface area contributed by atoms with Gasteiger partial charge in [0.1, 0.15) is 5.82 Å². The van der Waals surface area contributed by atoms with Gasteiger partial charge in [-0.15, -0.1) is 0 Å². The topological polar surface area (TPSA) is 58.9 Å². The summed E-state index contributed by atoms with van der Waals surface area (Å²) in [5, 5.41) is 9.79. The number of nitro groups is 1. The molecule has 1 rings (SSSR count). The lowest BCUT2D eigenvalue weighted by Gasteiger charge is -1.78. The SMILES string of the molecule is O=[N+]([O-])C=Cc1cc(F)c[nH]1. The van der Waals surface area contributed by atoms with Crippen LogP contribution in [0.25, 0.3) is 6.08 Å². The lowest BCUT2D eigenvalue weighted by Crippen LogP contribution is -1.81. The van der Waals surface area contributed by atoms with Crippen LogP contribution >= 0.6 is 0 Å². The maximum atomic E-state index is 12.2. The Morgan fingerprint density at radius 3 is 2.91 bits per heavy atom. The summed E-state index contributed by atoms with van der Waals surface area (Å²) in [6.45, 7) is 0. The fraction of sp³-hybridized carbons (Fsp3) is 0. The van der Waals surface area contributed by atoms with Crippen molar-refractivity contribution in [2.24, 2.45) is 0 Å². The van der Waals surface area contributed by atoms with Gasteiger partial charge < -0.3 is 4.98 Å². The predicted octanol–water partition coefficient (Wildman–Crippen LogP) is 1.40. The van der Waals surface area contributed by atoms with Crippen molar-refractivity contribution in [3.05, 3.63) is 40.1 Å². The second-order valence-electron chi connectivity index (χ2n) is 1.87. The van der Waals surface area contributed by atoms with E-state index in [9.17, 15) is 14.5 Å². The van der Waals surface area contributed by atoms with Crippen LogP contribution in [0, 0.1) is 15.9 Å². The van der Waals surface area contributed by atoms with Gasteiger partial charge in [-0.2, -0.15) is 0 Å². The highest BCUT2D eigenvalue weighted by molar-refractivity contribution is 5.42. The van der Waals surface area contributed by atoms with Gasteiger partial charge in [0.05, 0.1) is 4.92 Å². The lowest BCUT2D eigenvalue weighted by atomic mass is 10.4. The second kappa shape index (κ2) is 2.96. The van der Waals surface area contributed by atoms with Gasteiger partial charge in [0.25, 0.3) is 0 Å². The molecule has 0 spiro atoms. The zero-order valence-corrected chi connectivity index (χ0v) is 5.45. The Hall–Kier alpha value is -1.65. The fourth-order valence-corrected chi connectivity index (χ4v) is 0.622. The highest BCUT2D eigenvalue weighted by atomic mass is 19.1. The third-order valence-electron chi connectivity index (χ3n) is 1.05. The average Bonchev–Trinajstić information content (AvgIpc) is 2.31. The largest absolute Gasteiger partial charge is 0.359 e. The van der Waals surface area contributed by atoms with E-state index < -0.39 is 10.7 Å². The van der Waals surface area contributed by atoms with E-state index in [-0.39, 0.29) is 0 Å². The molecule has 0 radical (unpaired) electrons. The van der Waals surface area contributed by atoms with E-state index in [2.05, 4.69) is 4.98 Å². The molecule has 0 bridgehead atoms. The van der Waals surface area contributed by atoms with E-state index in [0.29, 0.717) is 5.69 Å². The van der Waals surface area contributed by atoms with Crippen molar-refractivity contribution >= 4 is 6.08 Å². The molecule has 58 valence electrons. The number of nitrogens with zero attached hydrogens (tertiary/aromatic N) is 1. The monoisotopic (exact) mass is 156 g/mol. The summed E-state index contributed by atoms with van der Waals surface area (Å²) in [5.74, 6) is -0.437. The smallest absolute Gasteiger partial charge is 0.236 e. The third-order valence-corrected chi connectivity index (χ3v) is 1.05. The van der Waals surface area contributed by atoms with Gasteiger partial charge in [-0.3, -0.25) is 10.1 Å². The van der Waals surface area contributed by atoms with Crippen LogP contribution in [-0.4, -0.2) is 9.91 Å². The molecule has 0 amide bonds. The molecule has 0 atom stereocenters. The Bertz CT molecular complexity index is 293. The summed E-state index contributed by atoms with van der Waals surface area (Å²) in [6.07, 6.45) is 3.05. The minimum atomic E-state index is -0.612. The molecule has 0 unspecified atom stereocenters. The van der Waals surface area contributed by atoms with Crippen LogP contribution in [0.1, 0.15) is 5.69 Å². The number of halogens is 1. The molecule has 5 heteroatoms. The quantitative estimate of drug-likeness (QED) is 0.519. The molecule has 0 aliphatic rings. The molecule has 0 aliphatic heterocycles. The van der Waals surface area contributed by atoms with Gasteiger partial charge in [-0.1, -0.05) is 0 Å². The normalized spacial score (nSPS) is 10.6.